The summed E-state index contributed by atoms with van der Waals surface area (Å²) in [6.07, 6.45) is 7.09. The van der Waals surface area contributed by atoms with E-state index < -0.39 is 0 Å². The Morgan fingerprint density at radius 2 is 2.15 bits per heavy atom. The molecule has 2 N–H and O–H groups in total. The number of nitrogen functional groups attached to an aromatic ring is 1. The fourth-order valence-electron chi connectivity index (χ4n) is 1.45. The van der Waals surface area contributed by atoms with Crippen LogP contribution in [0, 0.1) is 6.92 Å². The number of rotatable bonds is 5. The number of aryl methyl sites for hydroxylation is 2. The minimum absolute atomic E-state index is 0.647. The fourth-order valence-corrected chi connectivity index (χ4v) is 1.45. The van der Waals surface area contributed by atoms with E-state index in [0.717, 1.165) is 12.2 Å². The van der Waals surface area contributed by atoms with Gasteiger partial charge in [0.2, 0.25) is 0 Å². The molecule has 0 fully saturated rings. The van der Waals surface area contributed by atoms with Crippen molar-refractivity contribution < 1.29 is 0 Å². The molecular weight excluding hydrogens is 162 g/mol. The lowest BCUT2D eigenvalue weighted by molar-refractivity contribution is 0.587. The molecule has 3 heteroatoms. The first-order chi connectivity index (χ1) is 6.24. The van der Waals surface area contributed by atoms with Crippen LogP contribution in [0.3, 0.4) is 0 Å². The number of anilines is 1. The molecule has 0 saturated carbocycles. The first-order valence-electron chi connectivity index (χ1n) is 5.03. The van der Waals surface area contributed by atoms with Crippen LogP contribution in [0.1, 0.15) is 38.3 Å². The Morgan fingerprint density at radius 3 is 2.69 bits per heavy atom. The summed E-state index contributed by atoms with van der Waals surface area (Å²) in [7, 11) is 0. The van der Waals surface area contributed by atoms with Gasteiger partial charge in [0.1, 0.15) is 0 Å². The minimum atomic E-state index is 0.647. The quantitative estimate of drug-likeness (QED) is 0.709. The van der Waals surface area contributed by atoms with E-state index in [1.54, 1.807) is 0 Å². The molecule has 13 heavy (non-hydrogen) atoms. The Hall–Kier alpha value is -0.990. The highest BCUT2D eigenvalue weighted by Crippen LogP contribution is 2.07. The van der Waals surface area contributed by atoms with E-state index in [-0.39, 0.29) is 0 Å². The van der Waals surface area contributed by atoms with Gasteiger partial charge in [0.25, 0.3) is 0 Å². The largest absolute Gasteiger partial charge is 0.369 e. The lowest BCUT2D eigenvalue weighted by Gasteiger charge is -2.02. The van der Waals surface area contributed by atoms with Crippen molar-refractivity contribution >= 4 is 5.95 Å². The van der Waals surface area contributed by atoms with Gasteiger partial charge in [-0.3, -0.25) is 0 Å². The van der Waals surface area contributed by atoms with Crippen LogP contribution in [0.15, 0.2) is 6.20 Å². The molecule has 0 saturated heterocycles. The van der Waals surface area contributed by atoms with Crippen molar-refractivity contribution in [3.63, 3.8) is 0 Å². The molecule has 0 aliphatic rings. The first kappa shape index (κ1) is 10.1. The Balaban J connectivity index is 2.32. The zero-order valence-corrected chi connectivity index (χ0v) is 8.58. The maximum Gasteiger partial charge on any atom is 0.200 e. The Labute approximate surface area is 80.0 Å². The highest BCUT2D eigenvalue weighted by atomic mass is 15.1. The van der Waals surface area contributed by atoms with Crippen molar-refractivity contribution in [1.82, 2.24) is 9.55 Å². The van der Waals surface area contributed by atoms with Crippen LogP contribution in [0.25, 0.3) is 0 Å². The van der Waals surface area contributed by atoms with Crippen LogP contribution in [-0.2, 0) is 6.54 Å². The van der Waals surface area contributed by atoms with Crippen LogP contribution >= 0.6 is 0 Å². The second-order valence-corrected chi connectivity index (χ2v) is 3.49. The molecule has 0 radical (unpaired) electrons. The highest BCUT2D eigenvalue weighted by molar-refractivity contribution is 5.20. The molecule has 1 heterocycles. The van der Waals surface area contributed by atoms with Crippen molar-refractivity contribution in [3.8, 4) is 0 Å². The van der Waals surface area contributed by atoms with Crippen LogP contribution in [0.2, 0.25) is 0 Å². The third-order valence-corrected chi connectivity index (χ3v) is 2.18. The monoisotopic (exact) mass is 181 g/mol. The smallest absolute Gasteiger partial charge is 0.200 e. The number of imidazole rings is 1. The summed E-state index contributed by atoms with van der Waals surface area (Å²) in [5.41, 5.74) is 6.72. The predicted molar refractivity (Wildman–Crippen MR) is 55.5 cm³/mol. The van der Waals surface area contributed by atoms with Gasteiger partial charge in [-0.2, -0.15) is 0 Å². The van der Waals surface area contributed by atoms with Crippen LogP contribution < -0.4 is 5.73 Å². The van der Waals surface area contributed by atoms with Crippen LogP contribution in [0.4, 0.5) is 5.95 Å². The van der Waals surface area contributed by atoms with Crippen molar-refractivity contribution in [2.24, 2.45) is 0 Å². The van der Waals surface area contributed by atoms with E-state index in [1.807, 2.05) is 17.7 Å². The summed E-state index contributed by atoms with van der Waals surface area (Å²) >= 11 is 0. The molecule has 0 bridgehead atoms. The summed E-state index contributed by atoms with van der Waals surface area (Å²) < 4.78 is 2.03. The molecule has 0 atom stereocenters. The molecule has 0 aliphatic carbocycles. The van der Waals surface area contributed by atoms with Crippen LogP contribution in [0.5, 0.6) is 0 Å². The SMILES string of the molecule is CCCCCCn1cc(C)nc1N. The number of hydrogen-bond donors (Lipinski definition) is 1. The van der Waals surface area contributed by atoms with Crippen molar-refractivity contribution in [2.45, 2.75) is 46.1 Å². The van der Waals surface area contributed by atoms with E-state index in [0.29, 0.717) is 5.95 Å². The van der Waals surface area contributed by atoms with Gasteiger partial charge in [-0.05, 0) is 13.3 Å². The molecule has 1 aromatic heterocycles. The summed E-state index contributed by atoms with van der Waals surface area (Å²) in [6.45, 7) is 5.20. The highest BCUT2D eigenvalue weighted by Gasteiger charge is 1.99. The number of hydrogen-bond acceptors (Lipinski definition) is 2. The number of nitrogens with zero attached hydrogens (tertiary/aromatic N) is 2. The van der Waals surface area contributed by atoms with E-state index in [2.05, 4.69) is 11.9 Å². The van der Waals surface area contributed by atoms with Crippen molar-refractivity contribution in [2.75, 3.05) is 5.73 Å². The van der Waals surface area contributed by atoms with Gasteiger partial charge >= 0.3 is 0 Å². The molecule has 74 valence electrons. The maximum absolute atomic E-state index is 5.71. The number of aromatic nitrogens is 2. The van der Waals surface area contributed by atoms with Gasteiger partial charge < -0.3 is 10.3 Å². The predicted octanol–water partition coefficient (Wildman–Crippen LogP) is 2.35. The molecule has 1 rings (SSSR count). The molecule has 0 aromatic carbocycles. The molecule has 3 nitrogen and oxygen atoms in total. The molecular formula is C10H19N3. The van der Waals surface area contributed by atoms with Crippen molar-refractivity contribution in [3.05, 3.63) is 11.9 Å². The molecule has 0 amide bonds. The van der Waals surface area contributed by atoms with E-state index >= 15 is 0 Å². The summed E-state index contributed by atoms with van der Waals surface area (Å²) in [6, 6.07) is 0. The van der Waals surface area contributed by atoms with E-state index in [4.69, 9.17) is 5.73 Å². The van der Waals surface area contributed by atoms with Gasteiger partial charge in [-0.25, -0.2) is 4.98 Å². The third kappa shape index (κ3) is 3.09. The Kier molecular flexibility index (Phi) is 3.80. The van der Waals surface area contributed by atoms with Gasteiger partial charge in [0.05, 0.1) is 5.69 Å². The number of unbranched alkanes of at least 4 members (excludes halogenated alkanes) is 3. The molecule has 0 unspecified atom stereocenters. The summed E-state index contributed by atoms with van der Waals surface area (Å²) in [5, 5.41) is 0. The normalized spacial score (nSPS) is 10.6. The summed E-state index contributed by atoms with van der Waals surface area (Å²) in [5.74, 6) is 0.647. The van der Waals surface area contributed by atoms with Gasteiger partial charge in [0.15, 0.2) is 5.95 Å². The molecule has 0 spiro atoms. The lowest BCUT2D eigenvalue weighted by Crippen LogP contribution is -2.02. The Bertz CT molecular complexity index is 253. The van der Waals surface area contributed by atoms with Crippen LogP contribution in [-0.4, -0.2) is 9.55 Å². The topological polar surface area (TPSA) is 43.8 Å². The number of nitrogens with two attached hydrogens (primary N) is 1. The fraction of sp³-hybridized carbons (Fsp3) is 0.700. The van der Waals surface area contributed by atoms with E-state index in [9.17, 15) is 0 Å². The van der Waals surface area contributed by atoms with Crippen molar-refractivity contribution in [1.29, 1.82) is 0 Å². The molecule has 1 aromatic rings. The maximum atomic E-state index is 5.71. The Morgan fingerprint density at radius 1 is 1.38 bits per heavy atom. The zero-order chi connectivity index (χ0) is 9.68. The summed E-state index contributed by atoms with van der Waals surface area (Å²) in [4.78, 5) is 4.15. The third-order valence-electron chi connectivity index (χ3n) is 2.18. The lowest BCUT2D eigenvalue weighted by atomic mass is 10.2. The second-order valence-electron chi connectivity index (χ2n) is 3.49. The minimum Gasteiger partial charge on any atom is -0.369 e. The van der Waals surface area contributed by atoms with E-state index in [1.165, 1.54) is 25.7 Å². The second kappa shape index (κ2) is 4.90. The average molecular weight is 181 g/mol. The standard InChI is InChI=1S/C10H19N3/c1-3-4-5-6-7-13-8-9(2)12-10(13)11/h8H,3-7H2,1-2H3,(H2,11,12). The van der Waals surface area contributed by atoms with Gasteiger partial charge in [-0.15, -0.1) is 0 Å². The van der Waals surface area contributed by atoms with Gasteiger partial charge in [0, 0.05) is 12.7 Å². The molecule has 0 aliphatic heterocycles. The van der Waals surface area contributed by atoms with Gasteiger partial charge in [-0.1, -0.05) is 26.2 Å². The zero-order valence-electron chi connectivity index (χ0n) is 8.58. The average Bonchev–Trinajstić information content (AvgIpc) is 2.39. The first-order valence-corrected chi connectivity index (χ1v) is 5.03.